The van der Waals surface area contributed by atoms with Crippen LogP contribution in [0.2, 0.25) is 0 Å². The van der Waals surface area contributed by atoms with Crippen molar-refractivity contribution in [3.8, 4) is 10.6 Å². The minimum absolute atomic E-state index is 0.0431. The molecule has 1 amide bonds. The van der Waals surface area contributed by atoms with Crippen LogP contribution < -0.4 is 5.32 Å². The highest BCUT2D eigenvalue weighted by molar-refractivity contribution is 7.13. The third-order valence-corrected chi connectivity index (χ3v) is 5.15. The molecule has 0 saturated carbocycles. The highest BCUT2D eigenvalue weighted by Crippen LogP contribution is 2.27. The Labute approximate surface area is 168 Å². The molecule has 0 unspecified atom stereocenters. The third kappa shape index (κ3) is 5.07. The Morgan fingerprint density at radius 1 is 1.21 bits per heavy atom. The van der Waals surface area contributed by atoms with Crippen molar-refractivity contribution >= 4 is 23.2 Å². The van der Waals surface area contributed by atoms with E-state index >= 15 is 0 Å². The lowest BCUT2D eigenvalue weighted by Gasteiger charge is -2.11. The summed E-state index contributed by atoms with van der Waals surface area (Å²) in [6, 6.07) is 13.7. The number of nitrogens with one attached hydrogen (secondary N) is 1. The molecule has 0 aliphatic rings. The number of carbonyl (C=O) groups excluding carboxylic acids is 2. The molecule has 1 N–H and O–H groups in total. The monoisotopic (exact) mass is 397 g/mol. The van der Waals surface area contributed by atoms with Gasteiger partial charge in [0.1, 0.15) is 11.3 Å². The minimum atomic E-state index is -0.554. The van der Waals surface area contributed by atoms with Gasteiger partial charge in [-0.25, -0.2) is 4.79 Å². The van der Waals surface area contributed by atoms with E-state index in [-0.39, 0.29) is 18.6 Å². The zero-order valence-electron chi connectivity index (χ0n) is 15.9. The Balaban J connectivity index is 1.76. The number of aromatic nitrogens is 2. The van der Waals surface area contributed by atoms with Crippen LogP contribution in [0.3, 0.4) is 0 Å². The van der Waals surface area contributed by atoms with E-state index in [0.717, 1.165) is 16.9 Å². The molecule has 0 radical (unpaired) electrons. The Hall–Kier alpha value is -2.93. The van der Waals surface area contributed by atoms with Crippen molar-refractivity contribution in [3.05, 3.63) is 65.2 Å². The van der Waals surface area contributed by atoms with Crippen LogP contribution in [0.15, 0.2) is 54.0 Å². The van der Waals surface area contributed by atoms with Crippen molar-refractivity contribution in [2.75, 3.05) is 6.61 Å². The first-order valence-corrected chi connectivity index (χ1v) is 10.1. The molecule has 6 nitrogen and oxygen atoms in total. The average molecular weight is 398 g/mol. The maximum atomic E-state index is 12.6. The summed E-state index contributed by atoms with van der Waals surface area (Å²) in [4.78, 5) is 25.4. The smallest absolute Gasteiger partial charge is 0.342 e. The molecule has 3 rings (SSSR count). The molecule has 2 heterocycles. The predicted molar refractivity (Wildman–Crippen MR) is 109 cm³/mol. The number of nitrogens with zero attached hydrogens (tertiary/aromatic N) is 2. The van der Waals surface area contributed by atoms with E-state index in [1.807, 2.05) is 61.7 Å². The SMILES string of the molecule is CC[C@@H](C)NC(=O)COC(=O)c1cn(Cc2ccccc2)nc1-c1cccs1. The number of rotatable bonds is 8. The quantitative estimate of drug-likeness (QED) is 0.588. The summed E-state index contributed by atoms with van der Waals surface area (Å²) >= 11 is 1.50. The number of hydrogen-bond donors (Lipinski definition) is 1. The molecule has 146 valence electrons. The molecule has 0 fully saturated rings. The largest absolute Gasteiger partial charge is 0.452 e. The molecule has 0 bridgehead atoms. The van der Waals surface area contributed by atoms with Gasteiger partial charge in [0.15, 0.2) is 6.61 Å². The molecule has 0 spiro atoms. The highest BCUT2D eigenvalue weighted by atomic mass is 32.1. The lowest BCUT2D eigenvalue weighted by molar-refractivity contribution is -0.124. The van der Waals surface area contributed by atoms with Gasteiger partial charge in [-0.3, -0.25) is 9.48 Å². The fourth-order valence-electron chi connectivity index (χ4n) is 2.64. The van der Waals surface area contributed by atoms with E-state index < -0.39 is 5.97 Å². The third-order valence-electron chi connectivity index (χ3n) is 4.28. The normalized spacial score (nSPS) is 11.8. The number of amides is 1. The molecule has 28 heavy (non-hydrogen) atoms. The second-order valence-electron chi connectivity index (χ2n) is 6.50. The van der Waals surface area contributed by atoms with Crippen LogP contribution in [0.5, 0.6) is 0 Å². The standard InChI is InChI=1S/C21H23N3O3S/c1-3-15(2)22-19(25)14-27-21(26)17-13-24(12-16-8-5-4-6-9-16)23-20(17)18-10-7-11-28-18/h4-11,13,15H,3,12,14H2,1-2H3,(H,22,25)/t15-/m1/s1. The van der Waals surface area contributed by atoms with E-state index in [2.05, 4.69) is 10.4 Å². The molecule has 2 aromatic heterocycles. The van der Waals surface area contributed by atoms with Crippen LogP contribution in [-0.4, -0.2) is 34.3 Å². The van der Waals surface area contributed by atoms with Crippen molar-refractivity contribution < 1.29 is 14.3 Å². The Morgan fingerprint density at radius 3 is 2.68 bits per heavy atom. The van der Waals surface area contributed by atoms with Gasteiger partial charge in [-0.2, -0.15) is 5.10 Å². The van der Waals surface area contributed by atoms with E-state index in [0.29, 0.717) is 17.8 Å². The number of benzene rings is 1. The van der Waals surface area contributed by atoms with Gasteiger partial charge < -0.3 is 10.1 Å². The Kier molecular flexibility index (Phi) is 6.60. The maximum Gasteiger partial charge on any atom is 0.342 e. The first-order valence-electron chi connectivity index (χ1n) is 9.18. The van der Waals surface area contributed by atoms with Gasteiger partial charge in [0.25, 0.3) is 5.91 Å². The lowest BCUT2D eigenvalue weighted by Crippen LogP contribution is -2.35. The Morgan fingerprint density at radius 2 is 2.00 bits per heavy atom. The predicted octanol–water partition coefficient (Wildman–Crippen LogP) is 3.73. The van der Waals surface area contributed by atoms with E-state index in [1.165, 1.54) is 11.3 Å². The van der Waals surface area contributed by atoms with Crippen molar-refractivity contribution in [1.29, 1.82) is 0 Å². The minimum Gasteiger partial charge on any atom is -0.452 e. The molecule has 7 heteroatoms. The molecular formula is C21H23N3O3S. The second-order valence-corrected chi connectivity index (χ2v) is 7.45. The van der Waals surface area contributed by atoms with Crippen LogP contribution >= 0.6 is 11.3 Å². The second kappa shape index (κ2) is 9.32. The summed E-state index contributed by atoms with van der Waals surface area (Å²) in [6.45, 7) is 4.12. The summed E-state index contributed by atoms with van der Waals surface area (Å²) in [5.41, 5.74) is 2.00. The zero-order chi connectivity index (χ0) is 19.9. The van der Waals surface area contributed by atoms with Crippen molar-refractivity contribution in [3.63, 3.8) is 0 Å². The number of esters is 1. The maximum absolute atomic E-state index is 12.6. The number of thiophene rings is 1. The van der Waals surface area contributed by atoms with Crippen molar-refractivity contribution in [1.82, 2.24) is 15.1 Å². The van der Waals surface area contributed by atoms with Gasteiger partial charge in [-0.15, -0.1) is 11.3 Å². The summed E-state index contributed by atoms with van der Waals surface area (Å²) in [7, 11) is 0. The molecular weight excluding hydrogens is 374 g/mol. The first-order chi connectivity index (χ1) is 13.6. The van der Waals surface area contributed by atoms with Crippen molar-refractivity contribution in [2.24, 2.45) is 0 Å². The van der Waals surface area contributed by atoms with Crippen LogP contribution in [-0.2, 0) is 16.1 Å². The summed E-state index contributed by atoms with van der Waals surface area (Å²) < 4.78 is 6.96. The van der Waals surface area contributed by atoms with Gasteiger partial charge in [0.2, 0.25) is 0 Å². The molecule has 0 aliphatic heterocycles. The average Bonchev–Trinajstić information content (AvgIpc) is 3.36. The number of ether oxygens (including phenoxy) is 1. The molecule has 0 saturated heterocycles. The molecule has 1 aromatic carbocycles. The fraction of sp³-hybridized carbons (Fsp3) is 0.286. The van der Waals surface area contributed by atoms with Gasteiger partial charge in [0.05, 0.1) is 11.4 Å². The van der Waals surface area contributed by atoms with Crippen LogP contribution in [0.1, 0.15) is 36.2 Å². The summed E-state index contributed by atoms with van der Waals surface area (Å²) in [5.74, 6) is -0.862. The lowest BCUT2D eigenvalue weighted by atomic mass is 10.2. The van der Waals surface area contributed by atoms with E-state index in [9.17, 15) is 9.59 Å². The van der Waals surface area contributed by atoms with Crippen LogP contribution in [0.4, 0.5) is 0 Å². The van der Waals surface area contributed by atoms with Gasteiger partial charge in [-0.1, -0.05) is 43.3 Å². The van der Waals surface area contributed by atoms with E-state index in [4.69, 9.17) is 4.74 Å². The molecule has 3 aromatic rings. The van der Waals surface area contributed by atoms with Crippen molar-refractivity contribution in [2.45, 2.75) is 32.9 Å². The van der Waals surface area contributed by atoms with E-state index in [1.54, 1.807) is 10.9 Å². The Bertz CT molecular complexity index is 920. The fourth-order valence-corrected chi connectivity index (χ4v) is 3.37. The molecule has 0 aliphatic carbocycles. The number of hydrogen-bond acceptors (Lipinski definition) is 5. The molecule has 1 atom stereocenters. The van der Waals surface area contributed by atoms with Gasteiger partial charge in [-0.05, 0) is 30.4 Å². The number of carbonyl (C=O) groups is 2. The summed E-state index contributed by atoms with van der Waals surface area (Å²) in [6.07, 6.45) is 2.49. The van der Waals surface area contributed by atoms with Gasteiger partial charge in [0, 0.05) is 12.2 Å². The zero-order valence-corrected chi connectivity index (χ0v) is 16.7. The van der Waals surface area contributed by atoms with Crippen LogP contribution in [0.25, 0.3) is 10.6 Å². The topological polar surface area (TPSA) is 73.2 Å². The van der Waals surface area contributed by atoms with Gasteiger partial charge >= 0.3 is 5.97 Å². The first kappa shape index (κ1) is 19.8. The van der Waals surface area contributed by atoms with Crippen LogP contribution in [0, 0.1) is 0 Å². The summed E-state index contributed by atoms with van der Waals surface area (Å²) in [5, 5.41) is 9.30. The highest BCUT2D eigenvalue weighted by Gasteiger charge is 2.21.